The van der Waals surface area contributed by atoms with E-state index < -0.39 is 11.4 Å². The van der Waals surface area contributed by atoms with Gasteiger partial charge < -0.3 is 14.2 Å². The standard InChI is InChI=1S/C19H21N3O3/c1-18(2)10-12(4-8-25-18)14-3-7-22-15(21-14)9-13(17(23)24)16(22)19(11-20)5-6-19/h3,7,9,12H,4-6,8,10H2,1-2H3,(H,23,24)/t12-/m0/s1. The summed E-state index contributed by atoms with van der Waals surface area (Å²) in [5.74, 6) is -0.706. The predicted octanol–water partition coefficient (Wildman–Crippen LogP) is 3.26. The van der Waals surface area contributed by atoms with Gasteiger partial charge in [-0.2, -0.15) is 5.26 Å². The molecule has 1 atom stereocenters. The fraction of sp³-hybridized carbons (Fsp3) is 0.526. The highest BCUT2D eigenvalue weighted by atomic mass is 16.5. The van der Waals surface area contributed by atoms with E-state index in [4.69, 9.17) is 9.72 Å². The number of hydrogen-bond acceptors (Lipinski definition) is 4. The molecular formula is C19H21N3O3. The van der Waals surface area contributed by atoms with E-state index in [1.807, 2.05) is 12.3 Å². The van der Waals surface area contributed by atoms with Gasteiger partial charge >= 0.3 is 5.97 Å². The molecule has 2 fully saturated rings. The minimum Gasteiger partial charge on any atom is -0.478 e. The summed E-state index contributed by atoms with van der Waals surface area (Å²) in [6, 6.07) is 5.86. The second-order valence-electron chi connectivity index (χ2n) is 7.78. The number of carboxylic acid groups (broad SMARTS) is 1. The summed E-state index contributed by atoms with van der Waals surface area (Å²) in [6.45, 7) is 4.87. The van der Waals surface area contributed by atoms with Crippen LogP contribution in [0.15, 0.2) is 18.3 Å². The summed E-state index contributed by atoms with van der Waals surface area (Å²) in [4.78, 5) is 16.4. The highest BCUT2D eigenvalue weighted by Gasteiger charge is 2.49. The molecule has 1 aliphatic heterocycles. The summed E-state index contributed by atoms with van der Waals surface area (Å²) in [5.41, 5.74) is 1.49. The normalized spacial score (nSPS) is 24.0. The average molecular weight is 339 g/mol. The summed E-state index contributed by atoms with van der Waals surface area (Å²) >= 11 is 0. The Balaban J connectivity index is 1.80. The van der Waals surface area contributed by atoms with E-state index in [1.165, 1.54) is 0 Å². The SMILES string of the molecule is CC1(C)C[C@@H](c2ccn3c(C4(C#N)CC4)c(C(=O)O)cc3n2)CCO1. The molecule has 2 aromatic heterocycles. The van der Waals surface area contributed by atoms with Gasteiger partial charge in [-0.1, -0.05) is 0 Å². The summed E-state index contributed by atoms with van der Waals surface area (Å²) < 4.78 is 7.57. The van der Waals surface area contributed by atoms with Gasteiger partial charge in [0.25, 0.3) is 0 Å². The third kappa shape index (κ3) is 2.59. The molecular weight excluding hydrogens is 318 g/mol. The second kappa shape index (κ2) is 5.30. The first-order valence-corrected chi connectivity index (χ1v) is 8.66. The molecule has 4 rings (SSSR count). The lowest BCUT2D eigenvalue weighted by Gasteiger charge is -2.35. The zero-order chi connectivity index (χ0) is 17.8. The Morgan fingerprint density at radius 3 is 2.84 bits per heavy atom. The highest BCUT2D eigenvalue weighted by molar-refractivity contribution is 5.92. The van der Waals surface area contributed by atoms with Crippen molar-refractivity contribution in [2.24, 2.45) is 0 Å². The average Bonchev–Trinajstić information content (AvgIpc) is 3.26. The van der Waals surface area contributed by atoms with Gasteiger partial charge in [0.05, 0.1) is 28.3 Å². The van der Waals surface area contributed by atoms with Crippen molar-refractivity contribution < 1.29 is 14.6 Å². The van der Waals surface area contributed by atoms with Crippen LogP contribution in [0, 0.1) is 11.3 Å². The maximum absolute atomic E-state index is 11.7. The number of carboxylic acids is 1. The van der Waals surface area contributed by atoms with Crippen molar-refractivity contribution in [2.75, 3.05) is 6.61 Å². The van der Waals surface area contributed by atoms with E-state index in [-0.39, 0.29) is 11.2 Å². The first-order valence-electron chi connectivity index (χ1n) is 8.66. The number of ether oxygens (including phenoxy) is 1. The smallest absolute Gasteiger partial charge is 0.337 e. The van der Waals surface area contributed by atoms with E-state index in [0.29, 0.717) is 36.7 Å². The molecule has 1 saturated heterocycles. The monoisotopic (exact) mass is 339 g/mol. The van der Waals surface area contributed by atoms with Crippen LogP contribution in [-0.4, -0.2) is 32.7 Å². The van der Waals surface area contributed by atoms with Gasteiger partial charge in [-0.05, 0) is 51.7 Å². The van der Waals surface area contributed by atoms with Crippen LogP contribution in [-0.2, 0) is 10.2 Å². The van der Waals surface area contributed by atoms with Crippen molar-refractivity contribution in [3.8, 4) is 6.07 Å². The van der Waals surface area contributed by atoms with Gasteiger partial charge in [0, 0.05) is 24.4 Å². The van der Waals surface area contributed by atoms with Crippen molar-refractivity contribution in [3.05, 3.63) is 35.3 Å². The number of carbonyl (C=O) groups is 1. The van der Waals surface area contributed by atoms with Crippen LogP contribution >= 0.6 is 0 Å². The van der Waals surface area contributed by atoms with Crippen LogP contribution in [0.1, 0.15) is 67.2 Å². The van der Waals surface area contributed by atoms with E-state index in [2.05, 4.69) is 19.9 Å². The molecule has 0 aromatic carbocycles. The maximum Gasteiger partial charge on any atom is 0.337 e. The molecule has 6 heteroatoms. The van der Waals surface area contributed by atoms with Gasteiger partial charge in [0.15, 0.2) is 0 Å². The summed E-state index contributed by atoms with van der Waals surface area (Å²) in [5, 5.41) is 19.1. The van der Waals surface area contributed by atoms with Gasteiger partial charge in [0.2, 0.25) is 0 Å². The van der Waals surface area contributed by atoms with Crippen molar-refractivity contribution in [2.45, 2.75) is 56.5 Å². The summed E-state index contributed by atoms with van der Waals surface area (Å²) in [6.07, 6.45) is 5.07. The number of aromatic carboxylic acids is 1. The van der Waals surface area contributed by atoms with Crippen LogP contribution < -0.4 is 0 Å². The number of nitriles is 1. The summed E-state index contributed by atoms with van der Waals surface area (Å²) in [7, 11) is 0. The first-order chi connectivity index (χ1) is 11.9. The molecule has 0 amide bonds. The third-order valence-electron chi connectivity index (χ3n) is 5.42. The quantitative estimate of drug-likeness (QED) is 0.927. The Kier molecular flexibility index (Phi) is 3.41. The molecule has 1 saturated carbocycles. The number of fused-ring (bicyclic) bond motifs is 1. The zero-order valence-corrected chi connectivity index (χ0v) is 14.5. The lowest BCUT2D eigenvalue weighted by atomic mass is 9.86. The molecule has 2 aliphatic rings. The van der Waals surface area contributed by atoms with Crippen molar-refractivity contribution >= 4 is 11.6 Å². The van der Waals surface area contributed by atoms with Crippen molar-refractivity contribution in [1.82, 2.24) is 9.38 Å². The molecule has 25 heavy (non-hydrogen) atoms. The molecule has 1 N–H and O–H groups in total. The van der Waals surface area contributed by atoms with Crippen molar-refractivity contribution in [1.29, 1.82) is 5.26 Å². The predicted molar refractivity (Wildman–Crippen MR) is 90.7 cm³/mol. The number of hydrogen-bond donors (Lipinski definition) is 1. The Morgan fingerprint density at radius 2 is 2.24 bits per heavy atom. The lowest BCUT2D eigenvalue weighted by Crippen LogP contribution is -2.33. The molecule has 1 aliphatic carbocycles. The van der Waals surface area contributed by atoms with Gasteiger partial charge in [-0.15, -0.1) is 0 Å². The van der Waals surface area contributed by atoms with Gasteiger partial charge in [-0.3, -0.25) is 0 Å². The van der Waals surface area contributed by atoms with E-state index >= 15 is 0 Å². The molecule has 130 valence electrons. The van der Waals surface area contributed by atoms with Crippen LogP contribution in [0.2, 0.25) is 0 Å². The highest BCUT2D eigenvalue weighted by Crippen LogP contribution is 2.49. The fourth-order valence-electron chi connectivity index (χ4n) is 3.96. The molecule has 2 aromatic rings. The second-order valence-corrected chi connectivity index (χ2v) is 7.78. The number of aromatic nitrogens is 2. The number of nitrogens with zero attached hydrogens (tertiary/aromatic N) is 3. The Morgan fingerprint density at radius 1 is 1.48 bits per heavy atom. The van der Waals surface area contributed by atoms with E-state index in [9.17, 15) is 15.2 Å². The minimum atomic E-state index is -1.00. The Bertz CT molecular complexity index is 903. The third-order valence-corrected chi connectivity index (χ3v) is 5.42. The zero-order valence-electron chi connectivity index (χ0n) is 14.5. The fourth-order valence-corrected chi connectivity index (χ4v) is 3.96. The Hall–Kier alpha value is -2.39. The van der Waals surface area contributed by atoms with Crippen LogP contribution in [0.25, 0.3) is 5.65 Å². The molecule has 6 nitrogen and oxygen atoms in total. The molecule has 0 spiro atoms. The van der Waals surface area contributed by atoms with E-state index in [1.54, 1.807) is 10.5 Å². The largest absolute Gasteiger partial charge is 0.478 e. The van der Waals surface area contributed by atoms with Crippen LogP contribution in [0.3, 0.4) is 0 Å². The van der Waals surface area contributed by atoms with Gasteiger partial charge in [-0.25, -0.2) is 9.78 Å². The number of rotatable bonds is 3. The van der Waals surface area contributed by atoms with Crippen LogP contribution in [0.4, 0.5) is 0 Å². The van der Waals surface area contributed by atoms with Crippen molar-refractivity contribution in [3.63, 3.8) is 0 Å². The van der Waals surface area contributed by atoms with Gasteiger partial charge in [0.1, 0.15) is 5.65 Å². The van der Waals surface area contributed by atoms with Crippen LogP contribution in [0.5, 0.6) is 0 Å². The molecule has 3 heterocycles. The Labute approximate surface area is 146 Å². The lowest BCUT2D eigenvalue weighted by molar-refractivity contribution is -0.0597. The first kappa shape index (κ1) is 16.1. The van der Waals surface area contributed by atoms with E-state index in [0.717, 1.165) is 18.5 Å². The molecule has 0 radical (unpaired) electrons. The maximum atomic E-state index is 11.7. The molecule has 0 bridgehead atoms. The minimum absolute atomic E-state index is 0.172. The topological polar surface area (TPSA) is 87.6 Å². The molecule has 0 unspecified atom stereocenters.